The minimum Gasteiger partial charge on any atom is -0.255 e. The van der Waals surface area contributed by atoms with Crippen molar-refractivity contribution in [2.24, 2.45) is 0 Å². The summed E-state index contributed by atoms with van der Waals surface area (Å²) in [6, 6.07) is 12.1. The van der Waals surface area contributed by atoms with Gasteiger partial charge in [0.25, 0.3) is 0 Å². The number of nitrogens with one attached hydrogen (secondary N) is 1. The molecule has 3 rings (SSSR count). The van der Waals surface area contributed by atoms with E-state index in [2.05, 4.69) is 34.0 Å². The van der Waals surface area contributed by atoms with Crippen LogP contribution >= 0.6 is 11.9 Å². The maximum atomic E-state index is 13.0. The smallest absolute Gasteiger partial charge is 0.213 e. The molecule has 22 heavy (non-hydrogen) atoms. The molecule has 0 atom stereocenters. The molecule has 1 fully saturated rings. The molecule has 2 nitrogen and oxygen atoms in total. The van der Waals surface area contributed by atoms with Crippen LogP contribution in [-0.4, -0.2) is 4.98 Å². The zero-order valence-electron chi connectivity index (χ0n) is 12.6. The van der Waals surface area contributed by atoms with Gasteiger partial charge in [-0.2, -0.15) is 4.39 Å². The molecule has 0 bridgehead atoms. The molecule has 2 aromatic rings. The van der Waals surface area contributed by atoms with E-state index >= 15 is 0 Å². The van der Waals surface area contributed by atoms with Gasteiger partial charge in [0, 0.05) is 17.6 Å². The number of nitrogens with zero attached hydrogens (tertiary/aromatic N) is 1. The first kappa shape index (κ1) is 15.5. The number of halogens is 1. The quantitative estimate of drug-likeness (QED) is 0.616. The van der Waals surface area contributed by atoms with Gasteiger partial charge in [-0.25, -0.2) is 4.98 Å². The lowest BCUT2D eigenvalue weighted by Gasteiger charge is -2.22. The molecule has 1 aromatic carbocycles. The van der Waals surface area contributed by atoms with Crippen LogP contribution in [0.3, 0.4) is 0 Å². The molecule has 0 aliphatic heterocycles. The fourth-order valence-electron chi connectivity index (χ4n) is 3.00. The Morgan fingerprint density at radius 2 is 1.86 bits per heavy atom. The van der Waals surface area contributed by atoms with Gasteiger partial charge in [0.05, 0.1) is 0 Å². The Labute approximate surface area is 135 Å². The van der Waals surface area contributed by atoms with E-state index in [4.69, 9.17) is 0 Å². The van der Waals surface area contributed by atoms with Gasteiger partial charge in [-0.3, -0.25) is 4.72 Å². The average molecular weight is 316 g/mol. The molecule has 0 saturated heterocycles. The van der Waals surface area contributed by atoms with Gasteiger partial charge in [0.2, 0.25) is 5.95 Å². The predicted molar refractivity (Wildman–Crippen MR) is 89.2 cm³/mol. The number of benzene rings is 1. The highest BCUT2D eigenvalue weighted by Gasteiger charge is 2.14. The van der Waals surface area contributed by atoms with E-state index in [-0.39, 0.29) is 0 Å². The molecule has 0 amide bonds. The standard InChI is InChI=1S/C18H21FN2S/c19-18-12-14(10-11-20-18)13-21-22-17-8-6-16(7-9-17)15-4-2-1-3-5-15/h6-12,15,21H,1-5,13H2. The molecule has 1 saturated carbocycles. The first-order valence-corrected chi connectivity index (χ1v) is 8.73. The van der Waals surface area contributed by atoms with Crippen LogP contribution in [0.2, 0.25) is 0 Å². The molecule has 0 radical (unpaired) electrons. The number of hydrogen-bond donors (Lipinski definition) is 1. The molecule has 0 spiro atoms. The van der Waals surface area contributed by atoms with Gasteiger partial charge in [0.1, 0.15) is 0 Å². The average Bonchev–Trinajstić information content (AvgIpc) is 2.56. The summed E-state index contributed by atoms with van der Waals surface area (Å²) in [6.45, 7) is 0.620. The van der Waals surface area contributed by atoms with Crippen LogP contribution in [-0.2, 0) is 6.54 Å². The second kappa shape index (κ2) is 7.75. The van der Waals surface area contributed by atoms with Crippen LogP contribution in [0.4, 0.5) is 4.39 Å². The fourth-order valence-corrected chi connectivity index (χ4v) is 3.68. The lowest BCUT2D eigenvalue weighted by Crippen LogP contribution is -2.05. The Balaban J connectivity index is 1.50. The summed E-state index contributed by atoms with van der Waals surface area (Å²) in [4.78, 5) is 4.75. The van der Waals surface area contributed by atoms with Crippen LogP contribution in [0.15, 0.2) is 47.5 Å². The van der Waals surface area contributed by atoms with E-state index in [1.165, 1.54) is 54.8 Å². The third-order valence-electron chi connectivity index (χ3n) is 4.21. The van der Waals surface area contributed by atoms with Gasteiger partial charge in [0.15, 0.2) is 0 Å². The van der Waals surface area contributed by atoms with Crippen molar-refractivity contribution >= 4 is 11.9 Å². The number of pyridine rings is 1. The topological polar surface area (TPSA) is 24.9 Å². The minimum atomic E-state index is -0.430. The second-order valence-electron chi connectivity index (χ2n) is 5.81. The van der Waals surface area contributed by atoms with E-state index in [1.807, 2.05) is 6.07 Å². The molecule has 1 aromatic heterocycles. The lowest BCUT2D eigenvalue weighted by atomic mass is 9.84. The van der Waals surface area contributed by atoms with Gasteiger partial charge >= 0.3 is 0 Å². The highest BCUT2D eigenvalue weighted by Crippen LogP contribution is 2.33. The summed E-state index contributed by atoms with van der Waals surface area (Å²) < 4.78 is 16.3. The second-order valence-corrected chi connectivity index (χ2v) is 6.78. The highest BCUT2D eigenvalue weighted by molar-refractivity contribution is 7.97. The Bertz CT molecular complexity index is 594. The zero-order valence-corrected chi connectivity index (χ0v) is 13.4. The largest absolute Gasteiger partial charge is 0.255 e. The molecule has 1 aliphatic rings. The van der Waals surface area contributed by atoms with Crippen molar-refractivity contribution in [2.75, 3.05) is 0 Å². The first-order valence-electron chi connectivity index (χ1n) is 7.91. The Morgan fingerprint density at radius 3 is 2.59 bits per heavy atom. The number of aromatic nitrogens is 1. The number of hydrogen-bond acceptors (Lipinski definition) is 3. The van der Waals surface area contributed by atoms with E-state index in [0.29, 0.717) is 6.54 Å². The van der Waals surface area contributed by atoms with E-state index in [9.17, 15) is 4.39 Å². The van der Waals surface area contributed by atoms with Gasteiger partial charge in [-0.05, 0) is 66.1 Å². The number of rotatable bonds is 5. The monoisotopic (exact) mass is 316 g/mol. The van der Waals surface area contributed by atoms with Gasteiger partial charge in [-0.15, -0.1) is 0 Å². The van der Waals surface area contributed by atoms with Crippen molar-refractivity contribution < 1.29 is 4.39 Å². The molecule has 0 unspecified atom stereocenters. The highest BCUT2D eigenvalue weighted by atomic mass is 32.2. The normalized spacial score (nSPS) is 15.9. The van der Waals surface area contributed by atoms with Crippen molar-refractivity contribution in [1.29, 1.82) is 0 Å². The van der Waals surface area contributed by atoms with Crippen molar-refractivity contribution in [1.82, 2.24) is 9.71 Å². The SMILES string of the molecule is Fc1cc(CNSc2ccc(C3CCCCC3)cc2)ccn1. The fraction of sp³-hybridized carbons (Fsp3) is 0.389. The van der Waals surface area contributed by atoms with Crippen molar-refractivity contribution in [3.8, 4) is 0 Å². The van der Waals surface area contributed by atoms with Gasteiger partial charge in [-0.1, -0.05) is 31.4 Å². The first-order chi connectivity index (χ1) is 10.8. The Morgan fingerprint density at radius 1 is 1.09 bits per heavy atom. The molecule has 116 valence electrons. The van der Waals surface area contributed by atoms with E-state index in [0.717, 1.165) is 11.5 Å². The zero-order chi connectivity index (χ0) is 15.2. The summed E-state index contributed by atoms with van der Waals surface area (Å²) in [5.41, 5.74) is 2.37. The third-order valence-corrected chi connectivity index (χ3v) is 5.01. The molecule has 1 heterocycles. The summed E-state index contributed by atoms with van der Waals surface area (Å²) in [5, 5.41) is 0. The molecule has 4 heteroatoms. The summed E-state index contributed by atoms with van der Waals surface area (Å²) in [6.07, 6.45) is 8.28. The van der Waals surface area contributed by atoms with Gasteiger partial charge < -0.3 is 0 Å². The van der Waals surface area contributed by atoms with Crippen molar-refractivity contribution in [3.05, 3.63) is 59.7 Å². The van der Waals surface area contributed by atoms with Crippen LogP contribution in [0, 0.1) is 5.95 Å². The molecule has 1 N–H and O–H groups in total. The minimum absolute atomic E-state index is 0.430. The van der Waals surface area contributed by atoms with Crippen LogP contribution in [0.25, 0.3) is 0 Å². The van der Waals surface area contributed by atoms with E-state index < -0.39 is 5.95 Å². The van der Waals surface area contributed by atoms with Crippen molar-refractivity contribution in [2.45, 2.75) is 49.5 Å². The summed E-state index contributed by atoms with van der Waals surface area (Å²) in [7, 11) is 0. The lowest BCUT2D eigenvalue weighted by molar-refractivity contribution is 0.443. The molecule has 1 aliphatic carbocycles. The molecular formula is C18H21FN2S. The Hall–Kier alpha value is -1.39. The Kier molecular flexibility index (Phi) is 5.46. The third kappa shape index (κ3) is 4.31. The van der Waals surface area contributed by atoms with Crippen LogP contribution in [0.1, 0.15) is 49.1 Å². The maximum Gasteiger partial charge on any atom is 0.213 e. The summed E-state index contributed by atoms with van der Waals surface area (Å²) >= 11 is 1.58. The van der Waals surface area contributed by atoms with Crippen molar-refractivity contribution in [3.63, 3.8) is 0 Å². The van der Waals surface area contributed by atoms with E-state index in [1.54, 1.807) is 11.9 Å². The van der Waals surface area contributed by atoms with Crippen LogP contribution in [0.5, 0.6) is 0 Å². The molecular weight excluding hydrogens is 295 g/mol. The van der Waals surface area contributed by atoms with Crippen LogP contribution < -0.4 is 4.72 Å². The summed E-state index contributed by atoms with van der Waals surface area (Å²) in [5.74, 6) is 0.321. The predicted octanol–water partition coefficient (Wildman–Crippen LogP) is 5.07. The maximum absolute atomic E-state index is 13.0.